The molecule has 0 amide bonds. The maximum absolute atomic E-state index is 10.9. The molecule has 0 saturated carbocycles. The second kappa shape index (κ2) is 5.93. The van der Waals surface area contributed by atoms with Crippen molar-refractivity contribution in [1.82, 2.24) is 9.97 Å². The fourth-order valence-corrected chi connectivity index (χ4v) is 1.60. The molecule has 2 rings (SSSR count). The van der Waals surface area contributed by atoms with Gasteiger partial charge in [-0.2, -0.15) is 4.98 Å². The summed E-state index contributed by atoms with van der Waals surface area (Å²) in [6, 6.07) is 6.95. The van der Waals surface area contributed by atoms with Gasteiger partial charge in [0.25, 0.3) is 0 Å². The number of aromatic nitrogens is 2. The summed E-state index contributed by atoms with van der Waals surface area (Å²) in [7, 11) is 1.57. The van der Waals surface area contributed by atoms with E-state index in [1.165, 1.54) is 0 Å². The molecular formula is C12H12N4O4. The molecule has 8 nitrogen and oxygen atoms in total. The third-order valence-corrected chi connectivity index (χ3v) is 2.42. The molecule has 0 saturated heterocycles. The van der Waals surface area contributed by atoms with Crippen LogP contribution in [0, 0.1) is 10.1 Å². The molecular weight excluding hydrogens is 264 g/mol. The number of benzene rings is 1. The summed E-state index contributed by atoms with van der Waals surface area (Å²) in [6.07, 6.45) is 1.11. The number of nitrogen functional groups attached to an aromatic ring is 1. The highest BCUT2D eigenvalue weighted by atomic mass is 16.6. The Morgan fingerprint density at radius 3 is 2.90 bits per heavy atom. The maximum Gasteiger partial charge on any atom is 0.372 e. The first-order chi connectivity index (χ1) is 9.61. The average Bonchev–Trinajstić information content (AvgIpc) is 2.39. The maximum atomic E-state index is 10.9. The second-order valence-corrected chi connectivity index (χ2v) is 3.85. The van der Waals surface area contributed by atoms with E-state index >= 15 is 0 Å². The zero-order valence-corrected chi connectivity index (χ0v) is 10.6. The van der Waals surface area contributed by atoms with Crippen LogP contribution >= 0.6 is 0 Å². The molecule has 0 spiro atoms. The molecule has 1 aromatic heterocycles. The molecule has 8 heteroatoms. The standard InChI is InChI=1S/C12H12N4O4/c1-19-6-8-3-2-4-9(5-8)20-12-10(16(17)18)11(13)14-7-15-12/h2-5,7H,6H2,1H3,(H2,13,14,15). The van der Waals surface area contributed by atoms with Crippen molar-refractivity contribution in [2.45, 2.75) is 6.61 Å². The Balaban J connectivity index is 2.32. The Morgan fingerprint density at radius 1 is 1.40 bits per heavy atom. The molecule has 2 aromatic rings. The summed E-state index contributed by atoms with van der Waals surface area (Å²) in [5.74, 6) is -0.0362. The van der Waals surface area contributed by atoms with Gasteiger partial charge in [-0.05, 0) is 17.7 Å². The largest absolute Gasteiger partial charge is 0.434 e. The highest BCUT2D eigenvalue weighted by Gasteiger charge is 2.23. The van der Waals surface area contributed by atoms with Gasteiger partial charge >= 0.3 is 11.6 Å². The van der Waals surface area contributed by atoms with Crippen LogP contribution in [0.5, 0.6) is 11.6 Å². The summed E-state index contributed by atoms with van der Waals surface area (Å²) >= 11 is 0. The van der Waals surface area contributed by atoms with E-state index in [2.05, 4.69) is 9.97 Å². The summed E-state index contributed by atoms with van der Waals surface area (Å²) in [5, 5.41) is 10.9. The van der Waals surface area contributed by atoms with Crippen LogP contribution in [0.15, 0.2) is 30.6 Å². The first-order valence-electron chi connectivity index (χ1n) is 5.62. The summed E-state index contributed by atoms with van der Waals surface area (Å²) in [4.78, 5) is 17.6. The fraction of sp³-hybridized carbons (Fsp3) is 0.167. The molecule has 0 radical (unpaired) electrons. The minimum atomic E-state index is -0.677. The first kappa shape index (κ1) is 13.7. The third kappa shape index (κ3) is 2.98. The van der Waals surface area contributed by atoms with E-state index in [0.717, 1.165) is 11.9 Å². The second-order valence-electron chi connectivity index (χ2n) is 3.85. The number of rotatable bonds is 5. The van der Waals surface area contributed by atoms with Gasteiger partial charge < -0.3 is 15.2 Å². The van der Waals surface area contributed by atoms with E-state index in [0.29, 0.717) is 12.4 Å². The van der Waals surface area contributed by atoms with Crippen LogP contribution in [0.3, 0.4) is 0 Å². The monoisotopic (exact) mass is 276 g/mol. The van der Waals surface area contributed by atoms with Gasteiger partial charge in [-0.3, -0.25) is 10.1 Å². The van der Waals surface area contributed by atoms with E-state index in [9.17, 15) is 10.1 Å². The van der Waals surface area contributed by atoms with Crippen molar-refractivity contribution < 1.29 is 14.4 Å². The fourth-order valence-electron chi connectivity index (χ4n) is 1.60. The molecule has 1 heterocycles. The van der Waals surface area contributed by atoms with Gasteiger partial charge in [-0.1, -0.05) is 12.1 Å². The number of methoxy groups -OCH3 is 1. The van der Waals surface area contributed by atoms with E-state index in [4.69, 9.17) is 15.2 Å². The minimum Gasteiger partial charge on any atom is -0.434 e. The lowest BCUT2D eigenvalue weighted by Crippen LogP contribution is -2.02. The predicted octanol–water partition coefficient (Wildman–Crippen LogP) is 1.91. The Hall–Kier alpha value is -2.74. The van der Waals surface area contributed by atoms with Crippen molar-refractivity contribution in [3.05, 3.63) is 46.3 Å². The van der Waals surface area contributed by atoms with Crippen molar-refractivity contribution in [3.8, 4) is 11.6 Å². The molecule has 0 atom stereocenters. The van der Waals surface area contributed by atoms with E-state index < -0.39 is 10.6 Å². The molecule has 20 heavy (non-hydrogen) atoms. The molecule has 0 bridgehead atoms. The molecule has 2 N–H and O–H groups in total. The van der Waals surface area contributed by atoms with Gasteiger partial charge in [0.15, 0.2) is 0 Å². The number of nitro groups is 1. The van der Waals surface area contributed by atoms with Crippen molar-refractivity contribution >= 4 is 11.5 Å². The SMILES string of the molecule is COCc1cccc(Oc2ncnc(N)c2[N+](=O)[O-])c1. The quantitative estimate of drug-likeness (QED) is 0.655. The molecule has 0 aliphatic rings. The van der Waals surface area contributed by atoms with Gasteiger partial charge in [0.05, 0.1) is 11.5 Å². The normalized spacial score (nSPS) is 10.2. The number of hydrogen-bond acceptors (Lipinski definition) is 7. The number of anilines is 1. The van der Waals surface area contributed by atoms with Crippen LogP contribution < -0.4 is 10.5 Å². The van der Waals surface area contributed by atoms with Crippen LogP contribution in [0.1, 0.15) is 5.56 Å². The van der Waals surface area contributed by atoms with Gasteiger partial charge in [-0.25, -0.2) is 4.98 Å². The molecule has 0 aliphatic heterocycles. The van der Waals surface area contributed by atoms with Gasteiger partial charge in [0.1, 0.15) is 12.1 Å². The van der Waals surface area contributed by atoms with Crippen molar-refractivity contribution in [3.63, 3.8) is 0 Å². The van der Waals surface area contributed by atoms with E-state index in [-0.39, 0.29) is 11.7 Å². The Morgan fingerprint density at radius 2 is 2.20 bits per heavy atom. The van der Waals surface area contributed by atoms with Crippen LogP contribution in [0.2, 0.25) is 0 Å². The zero-order chi connectivity index (χ0) is 14.5. The number of nitrogens with zero attached hydrogens (tertiary/aromatic N) is 3. The summed E-state index contributed by atoms with van der Waals surface area (Å²) in [5.41, 5.74) is 5.88. The Bertz CT molecular complexity index is 633. The van der Waals surface area contributed by atoms with Gasteiger partial charge in [0, 0.05) is 7.11 Å². The predicted molar refractivity (Wildman–Crippen MR) is 70.3 cm³/mol. The van der Waals surface area contributed by atoms with Gasteiger partial charge in [-0.15, -0.1) is 0 Å². The zero-order valence-electron chi connectivity index (χ0n) is 10.6. The number of hydrogen-bond donors (Lipinski definition) is 1. The van der Waals surface area contributed by atoms with E-state index in [1.807, 2.05) is 6.07 Å². The van der Waals surface area contributed by atoms with Crippen LogP contribution in [-0.2, 0) is 11.3 Å². The van der Waals surface area contributed by atoms with E-state index in [1.54, 1.807) is 25.3 Å². The van der Waals surface area contributed by atoms with Crippen LogP contribution in [-0.4, -0.2) is 22.0 Å². The highest BCUT2D eigenvalue weighted by molar-refractivity contribution is 5.58. The lowest BCUT2D eigenvalue weighted by molar-refractivity contribution is -0.385. The molecule has 0 aliphatic carbocycles. The molecule has 0 fully saturated rings. The Kier molecular flexibility index (Phi) is 4.06. The minimum absolute atomic E-state index is 0.197. The lowest BCUT2D eigenvalue weighted by Gasteiger charge is -2.07. The van der Waals surface area contributed by atoms with Crippen LogP contribution in [0.25, 0.3) is 0 Å². The smallest absolute Gasteiger partial charge is 0.372 e. The third-order valence-electron chi connectivity index (χ3n) is 2.42. The van der Waals surface area contributed by atoms with Gasteiger partial charge in [0.2, 0.25) is 5.82 Å². The molecule has 0 unspecified atom stereocenters. The summed E-state index contributed by atoms with van der Waals surface area (Å²) in [6.45, 7) is 0.408. The van der Waals surface area contributed by atoms with Crippen molar-refractivity contribution in [2.75, 3.05) is 12.8 Å². The first-order valence-corrected chi connectivity index (χ1v) is 5.62. The molecule has 104 valence electrons. The highest BCUT2D eigenvalue weighted by Crippen LogP contribution is 2.32. The topological polar surface area (TPSA) is 113 Å². The van der Waals surface area contributed by atoms with Crippen molar-refractivity contribution in [2.24, 2.45) is 0 Å². The average molecular weight is 276 g/mol. The number of ether oxygens (including phenoxy) is 2. The lowest BCUT2D eigenvalue weighted by atomic mass is 10.2. The van der Waals surface area contributed by atoms with Crippen LogP contribution in [0.4, 0.5) is 11.5 Å². The summed E-state index contributed by atoms with van der Waals surface area (Å²) < 4.78 is 10.4. The Labute approximate surface area is 114 Å². The van der Waals surface area contributed by atoms with Crippen molar-refractivity contribution in [1.29, 1.82) is 0 Å². The molecule has 1 aromatic carbocycles. The number of nitrogens with two attached hydrogens (primary N) is 1.